The van der Waals surface area contributed by atoms with Crippen LogP contribution < -0.4 is 0 Å². The molecule has 0 aromatic carbocycles. The van der Waals surface area contributed by atoms with Crippen LogP contribution in [0, 0.1) is 11.8 Å². The second-order valence-corrected chi connectivity index (χ2v) is 8.83. The monoisotopic (exact) mass is 433 g/mol. The number of sulfonamides is 1. The first-order valence-electron chi connectivity index (χ1n) is 7.79. The Balaban J connectivity index is 0.00000163. The molecular formula is C13H21F6NO4S2. The van der Waals surface area contributed by atoms with Crippen molar-refractivity contribution in [3.8, 4) is 0 Å². The van der Waals surface area contributed by atoms with Gasteiger partial charge >= 0.3 is 16.4 Å². The first kappa shape index (κ1) is 23.8. The molecule has 26 heavy (non-hydrogen) atoms. The highest BCUT2D eigenvalue weighted by molar-refractivity contribution is 7.95. The molecule has 0 radical (unpaired) electrons. The second kappa shape index (κ2) is 8.41. The minimum atomic E-state index is -6.26. The van der Waals surface area contributed by atoms with Gasteiger partial charge in [0.25, 0.3) is 10.0 Å². The standard InChI is InChI=1S/C12H17F6NO3S2.CH4O/c13-10(14,11(15,16)23-20)12(17,18)24(21,22)19-6-5-8-3-1-2-4-9(8)7-19;1-2/h8-9,20H,1-7H2;2H,1H3. The third kappa shape index (κ3) is 3.96. The molecule has 1 aliphatic heterocycles. The number of hydrogen-bond acceptors (Lipinski definition) is 5. The summed E-state index contributed by atoms with van der Waals surface area (Å²) in [6.45, 7) is -0.788. The van der Waals surface area contributed by atoms with E-state index in [1.807, 2.05) is 0 Å². The van der Waals surface area contributed by atoms with Gasteiger partial charge in [-0.25, -0.2) is 8.42 Å². The fourth-order valence-electron chi connectivity index (χ4n) is 3.34. The van der Waals surface area contributed by atoms with Crippen molar-refractivity contribution in [2.45, 2.75) is 48.5 Å². The number of aliphatic hydroxyl groups is 1. The maximum atomic E-state index is 13.9. The van der Waals surface area contributed by atoms with Crippen molar-refractivity contribution >= 4 is 22.1 Å². The predicted molar refractivity (Wildman–Crippen MR) is 83.8 cm³/mol. The Hall–Kier alpha value is -0.240. The lowest BCUT2D eigenvalue weighted by Gasteiger charge is -2.42. The SMILES string of the molecule is CO.O=S(=O)(N1CCC2CCCCC2C1)C(F)(F)C(F)(F)C(F)(F)SO. The van der Waals surface area contributed by atoms with Gasteiger partial charge in [0.1, 0.15) is 0 Å². The molecule has 2 rings (SSSR count). The zero-order valence-corrected chi connectivity index (χ0v) is 15.5. The van der Waals surface area contributed by atoms with E-state index in [-0.39, 0.29) is 29.1 Å². The quantitative estimate of drug-likeness (QED) is 0.513. The van der Waals surface area contributed by atoms with Crippen molar-refractivity contribution in [1.82, 2.24) is 4.31 Å². The van der Waals surface area contributed by atoms with Crippen LogP contribution in [0.25, 0.3) is 0 Å². The van der Waals surface area contributed by atoms with E-state index in [0.717, 1.165) is 26.4 Å². The Labute approximate surface area is 152 Å². The lowest BCUT2D eigenvalue weighted by atomic mass is 9.76. The van der Waals surface area contributed by atoms with Crippen molar-refractivity contribution in [2.24, 2.45) is 11.8 Å². The summed E-state index contributed by atoms with van der Waals surface area (Å²) in [5.41, 5.74) is 0. The molecule has 1 heterocycles. The van der Waals surface area contributed by atoms with E-state index in [0.29, 0.717) is 6.42 Å². The molecule has 1 saturated carbocycles. The Morgan fingerprint density at radius 2 is 1.46 bits per heavy atom. The Kier molecular flexibility index (Phi) is 7.70. The Morgan fingerprint density at radius 3 is 1.96 bits per heavy atom. The number of fused-ring (bicyclic) bond motifs is 1. The average molecular weight is 433 g/mol. The summed E-state index contributed by atoms with van der Waals surface area (Å²) in [6.07, 6.45) is 3.34. The van der Waals surface area contributed by atoms with Crippen molar-refractivity contribution in [3.05, 3.63) is 0 Å². The van der Waals surface area contributed by atoms with Gasteiger partial charge in [-0.2, -0.15) is 30.6 Å². The van der Waals surface area contributed by atoms with Crippen LogP contribution in [0.15, 0.2) is 0 Å². The lowest BCUT2D eigenvalue weighted by Crippen LogP contribution is -2.61. The van der Waals surface area contributed by atoms with E-state index in [4.69, 9.17) is 9.66 Å². The molecule has 2 unspecified atom stereocenters. The summed E-state index contributed by atoms with van der Waals surface area (Å²) >= 11 is -1.80. The van der Waals surface area contributed by atoms with Gasteiger partial charge in [-0.3, -0.25) is 0 Å². The zero-order chi connectivity index (χ0) is 20.4. The Morgan fingerprint density at radius 1 is 0.962 bits per heavy atom. The van der Waals surface area contributed by atoms with Crippen molar-refractivity contribution in [2.75, 3.05) is 20.2 Å². The summed E-state index contributed by atoms with van der Waals surface area (Å²) in [7, 11) is -5.02. The largest absolute Gasteiger partial charge is 0.428 e. The zero-order valence-electron chi connectivity index (χ0n) is 13.8. The topological polar surface area (TPSA) is 77.8 Å². The van der Waals surface area contributed by atoms with Crippen LogP contribution in [0.1, 0.15) is 32.1 Å². The van der Waals surface area contributed by atoms with Gasteiger partial charge in [0.05, 0.1) is 12.0 Å². The third-order valence-corrected chi connectivity index (χ3v) is 7.16. The van der Waals surface area contributed by atoms with Crippen molar-refractivity contribution < 1.29 is 44.4 Å². The highest BCUT2D eigenvalue weighted by Gasteiger charge is 2.79. The molecule has 156 valence electrons. The number of piperidine rings is 1. The number of nitrogens with zero attached hydrogens (tertiary/aromatic N) is 1. The van der Waals surface area contributed by atoms with Gasteiger partial charge in [0.2, 0.25) is 0 Å². The smallest absolute Gasteiger partial charge is 0.400 e. The van der Waals surface area contributed by atoms with E-state index in [1.165, 1.54) is 0 Å². The average Bonchev–Trinajstić information content (AvgIpc) is 2.62. The highest BCUT2D eigenvalue weighted by Crippen LogP contribution is 2.53. The van der Waals surface area contributed by atoms with Crippen LogP contribution in [0.5, 0.6) is 0 Å². The Bertz CT molecular complexity index is 575. The summed E-state index contributed by atoms with van der Waals surface area (Å²) in [5, 5.41) is -4.69. The number of alkyl halides is 6. The van der Waals surface area contributed by atoms with Crippen LogP contribution >= 0.6 is 12.0 Å². The molecule has 2 aliphatic rings. The molecule has 0 aromatic rings. The van der Waals surface area contributed by atoms with Gasteiger partial charge in [-0.05, 0) is 24.7 Å². The third-order valence-electron chi connectivity index (χ3n) is 4.76. The lowest BCUT2D eigenvalue weighted by molar-refractivity contribution is -0.243. The summed E-state index contributed by atoms with van der Waals surface area (Å²) < 4.78 is 113. The van der Waals surface area contributed by atoms with E-state index < -0.39 is 45.0 Å². The molecule has 5 nitrogen and oxygen atoms in total. The maximum Gasteiger partial charge on any atom is 0.428 e. The molecule has 2 atom stereocenters. The van der Waals surface area contributed by atoms with Gasteiger partial charge < -0.3 is 9.66 Å². The van der Waals surface area contributed by atoms with E-state index in [1.54, 1.807) is 0 Å². The van der Waals surface area contributed by atoms with Gasteiger partial charge in [-0.1, -0.05) is 19.3 Å². The number of hydrogen-bond donors (Lipinski definition) is 2. The van der Waals surface area contributed by atoms with Crippen molar-refractivity contribution in [1.29, 1.82) is 0 Å². The second-order valence-electron chi connectivity index (χ2n) is 6.16. The molecular weight excluding hydrogens is 412 g/mol. The molecule has 2 fully saturated rings. The highest BCUT2D eigenvalue weighted by atomic mass is 32.2. The van der Waals surface area contributed by atoms with E-state index in [9.17, 15) is 34.8 Å². The maximum absolute atomic E-state index is 13.9. The molecule has 0 bridgehead atoms. The molecule has 1 saturated heterocycles. The molecule has 13 heteroatoms. The van der Waals surface area contributed by atoms with Gasteiger partial charge in [-0.15, -0.1) is 0 Å². The fraction of sp³-hybridized carbons (Fsp3) is 1.00. The van der Waals surface area contributed by atoms with Crippen LogP contribution in [0.2, 0.25) is 0 Å². The van der Waals surface area contributed by atoms with Crippen LogP contribution in [-0.4, -0.2) is 59.0 Å². The predicted octanol–water partition coefficient (Wildman–Crippen LogP) is 3.46. The first-order chi connectivity index (χ1) is 11.9. The van der Waals surface area contributed by atoms with Gasteiger partial charge in [0, 0.05) is 20.2 Å². The fourth-order valence-corrected chi connectivity index (χ4v) is 5.15. The van der Waals surface area contributed by atoms with Crippen LogP contribution in [0.3, 0.4) is 0 Å². The summed E-state index contributed by atoms with van der Waals surface area (Å²) in [4.78, 5) is 0. The number of aliphatic hydroxyl groups excluding tert-OH is 1. The first-order valence-corrected chi connectivity index (χ1v) is 10.0. The van der Waals surface area contributed by atoms with Gasteiger partial charge in [0.15, 0.2) is 0 Å². The molecule has 1 aliphatic carbocycles. The minimum Gasteiger partial charge on any atom is -0.400 e. The van der Waals surface area contributed by atoms with Crippen molar-refractivity contribution in [3.63, 3.8) is 0 Å². The van der Waals surface area contributed by atoms with Crippen LogP contribution in [0.4, 0.5) is 26.3 Å². The number of halogens is 6. The summed E-state index contributed by atoms with van der Waals surface area (Å²) in [5.74, 6) is -6.37. The number of rotatable bonds is 5. The van der Waals surface area contributed by atoms with Crippen LogP contribution in [-0.2, 0) is 10.0 Å². The molecule has 0 aromatic heterocycles. The molecule has 0 amide bonds. The minimum absolute atomic E-state index is 0.133. The van der Waals surface area contributed by atoms with E-state index in [2.05, 4.69) is 0 Å². The molecule has 2 N–H and O–H groups in total. The van der Waals surface area contributed by atoms with E-state index >= 15 is 0 Å². The normalized spacial score (nSPS) is 25.9. The summed E-state index contributed by atoms with van der Waals surface area (Å²) in [6, 6.07) is 0. The molecule has 0 spiro atoms.